The highest BCUT2D eigenvalue weighted by molar-refractivity contribution is 5.91. The van der Waals surface area contributed by atoms with Gasteiger partial charge in [-0.25, -0.2) is 24.3 Å². The molecular formula is C34H42F4N8O3. The first-order valence-corrected chi connectivity index (χ1v) is 16.1. The number of esters is 1. The van der Waals surface area contributed by atoms with E-state index < -0.39 is 17.6 Å². The number of piperazine rings is 1. The number of ether oxygens (including phenoxy) is 2. The molecule has 3 aromatic heterocycles. The van der Waals surface area contributed by atoms with Crippen LogP contribution in [0.4, 0.5) is 29.1 Å². The topological polar surface area (TPSA) is 113 Å². The second kappa shape index (κ2) is 14.6. The molecule has 5 rings (SSSR count). The Kier molecular flexibility index (Phi) is 10.7. The Morgan fingerprint density at radius 2 is 1.88 bits per heavy atom. The van der Waals surface area contributed by atoms with Crippen molar-refractivity contribution in [3.8, 4) is 22.8 Å². The first-order chi connectivity index (χ1) is 23.2. The van der Waals surface area contributed by atoms with Gasteiger partial charge in [0.15, 0.2) is 11.5 Å². The maximum absolute atomic E-state index is 14.1. The monoisotopic (exact) mass is 686 g/mol. The highest BCUT2D eigenvalue weighted by Crippen LogP contribution is 2.37. The number of anilines is 2. The van der Waals surface area contributed by atoms with Crippen LogP contribution in [0.25, 0.3) is 33.9 Å². The fourth-order valence-corrected chi connectivity index (χ4v) is 6.22. The van der Waals surface area contributed by atoms with Crippen LogP contribution in [0.2, 0.25) is 0 Å². The molecule has 1 aliphatic rings. The zero-order chi connectivity index (χ0) is 35.5. The van der Waals surface area contributed by atoms with Crippen LogP contribution in [-0.2, 0) is 20.4 Å². The molecule has 15 heteroatoms. The molecule has 1 fully saturated rings. The van der Waals surface area contributed by atoms with Gasteiger partial charge in [-0.05, 0) is 38.1 Å². The molecule has 11 nitrogen and oxygen atoms in total. The zero-order valence-corrected chi connectivity index (χ0v) is 28.6. The molecule has 4 heterocycles. The maximum Gasteiger partial charge on any atom is 0.419 e. The summed E-state index contributed by atoms with van der Waals surface area (Å²) in [5.41, 5.74) is 0.589. The number of carbonyl (C=O) groups is 1. The van der Waals surface area contributed by atoms with Gasteiger partial charge < -0.3 is 24.3 Å². The Morgan fingerprint density at radius 3 is 2.53 bits per heavy atom. The molecular weight excluding hydrogens is 644 g/mol. The molecule has 1 atom stereocenters. The molecule has 1 aliphatic heterocycles. The maximum atomic E-state index is 14.1. The van der Waals surface area contributed by atoms with Crippen molar-refractivity contribution in [3.63, 3.8) is 0 Å². The highest BCUT2D eigenvalue weighted by atomic mass is 19.4. The third-order valence-corrected chi connectivity index (χ3v) is 8.50. The number of rotatable bonds is 12. The van der Waals surface area contributed by atoms with Crippen molar-refractivity contribution >= 4 is 28.6 Å². The van der Waals surface area contributed by atoms with Crippen LogP contribution in [0.15, 0.2) is 36.7 Å². The van der Waals surface area contributed by atoms with Crippen LogP contribution >= 0.6 is 0 Å². The molecule has 0 unspecified atom stereocenters. The number of carbonyl (C=O) groups excluding carboxylic acids is 1. The zero-order valence-electron chi connectivity index (χ0n) is 28.6. The van der Waals surface area contributed by atoms with Crippen LogP contribution in [0.5, 0.6) is 0 Å². The van der Waals surface area contributed by atoms with Crippen molar-refractivity contribution < 1.29 is 31.8 Å². The minimum Gasteiger partial charge on any atom is -0.466 e. The van der Waals surface area contributed by atoms with Crippen LogP contribution < -0.4 is 9.80 Å². The Labute approximate surface area is 282 Å². The second-order valence-electron chi connectivity index (χ2n) is 13.1. The van der Waals surface area contributed by atoms with Crippen LogP contribution in [0, 0.1) is 11.2 Å². The van der Waals surface area contributed by atoms with Gasteiger partial charge in [0, 0.05) is 63.9 Å². The number of alkyl halides is 3. The van der Waals surface area contributed by atoms with Gasteiger partial charge in [0.2, 0.25) is 0 Å². The van der Waals surface area contributed by atoms with Gasteiger partial charge in [-0.3, -0.25) is 9.69 Å². The van der Waals surface area contributed by atoms with E-state index in [1.54, 1.807) is 32.5 Å². The van der Waals surface area contributed by atoms with Gasteiger partial charge in [0.25, 0.3) is 0 Å². The van der Waals surface area contributed by atoms with Gasteiger partial charge in [-0.1, -0.05) is 13.8 Å². The van der Waals surface area contributed by atoms with Gasteiger partial charge in [0.05, 0.1) is 49.0 Å². The summed E-state index contributed by atoms with van der Waals surface area (Å²) >= 11 is 0. The number of hydrogen-bond acceptors (Lipinski definition) is 10. The lowest BCUT2D eigenvalue weighted by molar-refractivity contribution is -0.143. The fourth-order valence-electron chi connectivity index (χ4n) is 6.22. The van der Waals surface area contributed by atoms with E-state index in [1.807, 2.05) is 25.8 Å². The normalized spacial score (nSPS) is 16.0. The minimum atomic E-state index is -4.87. The molecule has 264 valence electrons. The number of nitrogens with zero attached hydrogens (tertiary/aromatic N) is 7. The summed E-state index contributed by atoms with van der Waals surface area (Å²) in [5, 5.41) is 0. The van der Waals surface area contributed by atoms with E-state index in [9.17, 15) is 22.4 Å². The standard InChI is InChI=1S/C34H42F4N8O3/c1-7-49-29(47)10-11-45-12-13-46(18-21(45)2)28-17-39-26(16-40-28)31-42-30-27(44(5)19-33(3,4)20-48-6)15-25(41-32(30)43-31)22-8-9-24(35)23(14-22)34(36,37)38/h8-9,14-17,21H,7,10-13,18-20H2,1-6H3,(H,41,42,43)/t21-/m0/s1. The van der Waals surface area contributed by atoms with E-state index in [0.29, 0.717) is 74.4 Å². The number of methoxy groups -OCH3 is 1. The van der Waals surface area contributed by atoms with Gasteiger partial charge in [-0.2, -0.15) is 13.2 Å². The average Bonchev–Trinajstić information content (AvgIpc) is 3.48. The summed E-state index contributed by atoms with van der Waals surface area (Å²) in [4.78, 5) is 40.0. The van der Waals surface area contributed by atoms with Crippen LogP contribution in [0.1, 0.15) is 39.7 Å². The lowest BCUT2D eigenvalue weighted by Gasteiger charge is -2.40. The molecule has 49 heavy (non-hydrogen) atoms. The van der Waals surface area contributed by atoms with Crippen molar-refractivity contribution in [2.24, 2.45) is 5.41 Å². The SMILES string of the molecule is CCOC(=O)CCN1CCN(c2cnc(-c3nc4nc(-c5ccc(F)c(C(F)(F)F)c5)cc(N(C)CC(C)(C)COC)c4[nH]3)cn2)C[C@@H]1C. The summed E-state index contributed by atoms with van der Waals surface area (Å²) in [6.45, 7) is 12.2. The van der Waals surface area contributed by atoms with E-state index >= 15 is 0 Å². The van der Waals surface area contributed by atoms with Crippen molar-refractivity contribution in [1.82, 2.24) is 29.8 Å². The quantitative estimate of drug-likeness (QED) is 0.145. The molecule has 0 radical (unpaired) electrons. The average molecular weight is 687 g/mol. The molecule has 1 aromatic carbocycles. The number of hydrogen-bond donors (Lipinski definition) is 1. The van der Waals surface area contributed by atoms with E-state index in [-0.39, 0.29) is 34.3 Å². The third kappa shape index (κ3) is 8.44. The number of imidazole rings is 1. The number of pyridine rings is 1. The molecule has 0 bridgehead atoms. The lowest BCUT2D eigenvalue weighted by Crippen LogP contribution is -2.52. The summed E-state index contributed by atoms with van der Waals surface area (Å²) in [7, 11) is 3.49. The van der Waals surface area contributed by atoms with E-state index in [2.05, 4.69) is 41.6 Å². The predicted molar refractivity (Wildman–Crippen MR) is 179 cm³/mol. The fraction of sp³-hybridized carbons (Fsp3) is 0.500. The predicted octanol–water partition coefficient (Wildman–Crippen LogP) is 5.81. The van der Waals surface area contributed by atoms with Crippen LogP contribution in [0.3, 0.4) is 0 Å². The molecule has 0 spiro atoms. The number of nitrogens with one attached hydrogen (secondary N) is 1. The molecule has 0 aliphatic carbocycles. The minimum absolute atomic E-state index is 0.102. The second-order valence-corrected chi connectivity index (χ2v) is 13.1. The first kappa shape index (κ1) is 35.9. The van der Waals surface area contributed by atoms with Crippen molar-refractivity contribution in [2.75, 3.05) is 69.9 Å². The molecule has 1 N–H and O–H groups in total. The number of aromatic nitrogens is 5. The van der Waals surface area contributed by atoms with Gasteiger partial charge >= 0.3 is 12.1 Å². The molecule has 1 saturated heterocycles. The number of halogens is 4. The summed E-state index contributed by atoms with van der Waals surface area (Å²) in [5.74, 6) is -0.466. The lowest BCUT2D eigenvalue weighted by atomic mass is 9.94. The van der Waals surface area contributed by atoms with E-state index in [4.69, 9.17) is 9.47 Å². The molecule has 0 saturated carbocycles. The van der Waals surface area contributed by atoms with Crippen molar-refractivity contribution in [2.45, 2.75) is 46.3 Å². The first-order valence-electron chi connectivity index (χ1n) is 16.1. The number of benzene rings is 1. The summed E-state index contributed by atoms with van der Waals surface area (Å²) < 4.78 is 65.4. The molecule has 0 amide bonds. The number of aromatic amines is 1. The van der Waals surface area contributed by atoms with Gasteiger partial charge in [0.1, 0.15) is 22.8 Å². The smallest absolute Gasteiger partial charge is 0.419 e. The summed E-state index contributed by atoms with van der Waals surface area (Å²) in [6.07, 6.45) is -1.22. The van der Waals surface area contributed by atoms with E-state index in [1.165, 1.54) is 6.07 Å². The van der Waals surface area contributed by atoms with Crippen LogP contribution in [-0.4, -0.2) is 102 Å². The Hall–Kier alpha value is -4.37. The highest BCUT2D eigenvalue weighted by Gasteiger charge is 2.34. The number of H-pyrrole nitrogens is 1. The third-order valence-electron chi connectivity index (χ3n) is 8.50. The van der Waals surface area contributed by atoms with Crippen molar-refractivity contribution in [3.05, 3.63) is 48.0 Å². The summed E-state index contributed by atoms with van der Waals surface area (Å²) in [6, 6.07) is 4.70. The van der Waals surface area contributed by atoms with E-state index in [0.717, 1.165) is 18.7 Å². The van der Waals surface area contributed by atoms with Crippen molar-refractivity contribution in [1.29, 1.82) is 0 Å². The molecule has 4 aromatic rings. The Morgan fingerprint density at radius 1 is 1.10 bits per heavy atom. The largest absolute Gasteiger partial charge is 0.466 e. The Bertz CT molecular complexity index is 1760. The Balaban J connectivity index is 1.43. The number of fused-ring (bicyclic) bond motifs is 1. The van der Waals surface area contributed by atoms with Gasteiger partial charge in [-0.15, -0.1) is 0 Å².